The zero-order valence-corrected chi connectivity index (χ0v) is 19.1. The molecule has 0 aliphatic carbocycles. The lowest BCUT2D eigenvalue weighted by atomic mass is 10.1. The lowest BCUT2D eigenvalue weighted by molar-refractivity contribution is -0.385. The molecule has 3 aromatic rings. The summed E-state index contributed by atoms with van der Waals surface area (Å²) in [7, 11) is 0. The number of ether oxygens (including phenoxy) is 1. The average molecular weight is 495 g/mol. The van der Waals surface area contributed by atoms with E-state index >= 15 is 0 Å². The van der Waals surface area contributed by atoms with Crippen molar-refractivity contribution in [1.82, 2.24) is 5.43 Å². The highest BCUT2D eigenvalue weighted by Crippen LogP contribution is 2.31. The van der Waals surface area contributed by atoms with E-state index in [1.54, 1.807) is 31.2 Å². The van der Waals surface area contributed by atoms with Crippen molar-refractivity contribution in [3.63, 3.8) is 0 Å². The molecule has 0 heterocycles. The van der Waals surface area contributed by atoms with E-state index in [9.17, 15) is 24.5 Å². The number of hydrazone groups is 1. The van der Waals surface area contributed by atoms with Crippen molar-refractivity contribution in [2.45, 2.75) is 13.3 Å². The fourth-order valence-electron chi connectivity index (χ4n) is 2.85. The highest BCUT2D eigenvalue weighted by molar-refractivity contribution is 6.33. The first kappa shape index (κ1) is 25.1. The van der Waals surface area contributed by atoms with Gasteiger partial charge in [0.2, 0.25) is 11.7 Å². The molecule has 0 aromatic heterocycles. The maximum absolute atomic E-state index is 12.6. The number of halogens is 1. The molecular weight excluding hydrogens is 476 g/mol. The number of nitrogens with zero attached hydrogens (tertiary/aromatic N) is 2. The van der Waals surface area contributed by atoms with Gasteiger partial charge in [0.25, 0.3) is 5.91 Å². The number of para-hydroxylation sites is 1. The Morgan fingerprint density at radius 1 is 1.06 bits per heavy atom. The Balaban J connectivity index is 1.77. The fraction of sp³-hybridized carbons (Fsp3) is 0.0833. The quantitative estimate of drug-likeness (QED) is 0.154. The van der Waals surface area contributed by atoms with Crippen LogP contribution in [0.4, 0.5) is 11.4 Å². The van der Waals surface area contributed by atoms with Gasteiger partial charge in [-0.05, 0) is 42.5 Å². The molecule has 11 heteroatoms. The van der Waals surface area contributed by atoms with Crippen LogP contribution in [0, 0.1) is 10.1 Å². The van der Waals surface area contributed by atoms with Crippen LogP contribution in [0.15, 0.2) is 71.8 Å². The molecule has 0 saturated carbocycles. The van der Waals surface area contributed by atoms with Crippen LogP contribution in [0.2, 0.25) is 5.02 Å². The summed E-state index contributed by atoms with van der Waals surface area (Å²) < 4.78 is 5.30. The van der Waals surface area contributed by atoms with E-state index in [4.69, 9.17) is 16.3 Å². The molecule has 0 fully saturated rings. The minimum absolute atomic E-state index is 0.0297. The van der Waals surface area contributed by atoms with Gasteiger partial charge in [-0.3, -0.25) is 19.7 Å². The number of benzene rings is 3. The molecule has 0 radical (unpaired) electrons. The molecule has 0 unspecified atom stereocenters. The van der Waals surface area contributed by atoms with Crippen molar-refractivity contribution in [3.05, 3.63) is 98.6 Å². The maximum Gasteiger partial charge on any atom is 0.345 e. The third-order valence-corrected chi connectivity index (χ3v) is 4.96. The molecular formula is C24H19ClN4O6. The van der Waals surface area contributed by atoms with Gasteiger partial charge < -0.3 is 10.1 Å². The molecule has 10 nitrogen and oxygen atoms in total. The standard InChI is InChI=1S/C24H19ClN4O6/c1-2-21(30)27-17-12-10-15(11-13-17)23(31)28-26-14-16-6-5-9-20(29(33)34)22(16)35-24(32)18-7-3-4-8-19(18)25/h3-14H,2H2,1H3,(H,27,30)(H,28,31)/b26-14+. The van der Waals surface area contributed by atoms with Crippen molar-refractivity contribution in [3.8, 4) is 5.75 Å². The van der Waals surface area contributed by atoms with E-state index < -0.39 is 22.5 Å². The summed E-state index contributed by atoms with van der Waals surface area (Å²) >= 11 is 6.02. The molecule has 0 saturated heterocycles. The number of carbonyl (C=O) groups is 3. The monoisotopic (exact) mass is 494 g/mol. The summed E-state index contributed by atoms with van der Waals surface area (Å²) in [6.45, 7) is 1.72. The molecule has 0 bridgehead atoms. The summed E-state index contributed by atoms with van der Waals surface area (Å²) in [5, 5.41) is 18.1. The van der Waals surface area contributed by atoms with Crippen LogP contribution in [-0.4, -0.2) is 28.9 Å². The second-order valence-electron chi connectivity index (χ2n) is 7.00. The summed E-state index contributed by atoms with van der Waals surface area (Å²) in [4.78, 5) is 47.2. The Hall–Kier alpha value is -4.57. The summed E-state index contributed by atoms with van der Waals surface area (Å²) in [5.41, 5.74) is 2.75. The van der Waals surface area contributed by atoms with E-state index in [0.29, 0.717) is 12.1 Å². The molecule has 0 aliphatic rings. The van der Waals surface area contributed by atoms with Gasteiger partial charge in [0.05, 0.1) is 21.7 Å². The predicted molar refractivity (Wildman–Crippen MR) is 130 cm³/mol. The van der Waals surface area contributed by atoms with Gasteiger partial charge in [-0.2, -0.15) is 5.10 Å². The Labute approximate surface area is 204 Å². The van der Waals surface area contributed by atoms with E-state index in [-0.39, 0.29) is 33.4 Å². The fourth-order valence-corrected chi connectivity index (χ4v) is 3.07. The number of hydrogen-bond acceptors (Lipinski definition) is 7. The van der Waals surface area contributed by atoms with Crippen LogP contribution in [-0.2, 0) is 4.79 Å². The minimum atomic E-state index is -0.890. The minimum Gasteiger partial charge on any atom is -0.415 e. The molecule has 0 spiro atoms. The molecule has 2 amide bonds. The Kier molecular flexibility index (Phi) is 8.25. The van der Waals surface area contributed by atoms with Gasteiger partial charge in [-0.1, -0.05) is 36.7 Å². The number of anilines is 1. The van der Waals surface area contributed by atoms with Crippen LogP contribution in [0.1, 0.15) is 39.6 Å². The topological polar surface area (TPSA) is 140 Å². The van der Waals surface area contributed by atoms with Crippen LogP contribution in [0.5, 0.6) is 5.75 Å². The SMILES string of the molecule is CCC(=O)Nc1ccc(C(=O)N/N=C/c2cccc([N+](=O)[O-])c2OC(=O)c2ccccc2Cl)cc1. The largest absolute Gasteiger partial charge is 0.415 e. The van der Waals surface area contributed by atoms with Crippen LogP contribution >= 0.6 is 11.6 Å². The highest BCUT2D eigenvalue weighted by Gasteiger charge is 2.23. The van der Waals surface area contributed by atoms with Crippen molar-refractivity contribution in [1.29, 1.82) is 0 Å². The smallest absolute Gasteiger partial charge is 0.345 e. The summed E-state index contributed by atoms with van der Waals surface area (Å²) in [6.07, 6.45) is 1.44. The maximum atomic E-state index is 12.6. The normalized spacial score (nSPS) is 10.6. The number of nitro groups is 1. The second-order valence-corrected chi connectivity index (χ2v) is 7.41. The first-order valence-electron chi connectivity index (χ1n) is 10.3. The molecule has 3 rings (SSSR count). The third kappa shape index (κ3) is 6.49. The van der Waals surface area contributed by atoms with Gasteiger partial charge >= 0.3 is 11.7 Å². The van der Waals surface area contributed by atoms with Crippen LogP contribution in [0.25, 0.3) is 0 Å². The van der Waals surface area contributed by atoms with Gasteiger partial charge in [0, 0.05) is 29.3 Å². The van der Waals surface area contributed by atoms with Crippen LogP contribution in [0.3, 0.4) is 0 Å². The van der Waals surface area contributed by atoms with Gasteiger partial charge in [-0.15, -0.1) is 0 Å². The van der Waals surface area contributed by atoms with Crippen molar-refractivity contribution in [2.75, 3.05) is 5.32 Å². The van der Waals surface area contributed by atoms with Crippen molar-refractivity contribution in [2.24, 2.45) is 5.10 Å². The molecule has 2 N–H and O–H groups in total. The third-order valence-electron chi connectivity index (χ3n) is 4.63. The Morgan fingerprint density at radius 2 is 1.77 bits per heavy atom. The second kappa shape index (κ2) is 11.5. The zero-order valence-electron chi connectivity index (χ0n) is 18.4. The van der Waals surface area contributed by atoms with E-state index in [1.807, 2.05) is 0 Å². The number of amides is 2. The first-order chi connectivity index (χ1) is 16.8. The number of rotatable bonds is 8. The number of hydrogen-bond donors (Lipinski definition) is 2. The lowest BCUT2D eigenvalue weighted by Gasteiger charge is -2.09. The molecule has 0 atom stereocenters. The van der Waals surface area contributed by atoms with Gasteiger partial charge in [-0.25, -0.2) is 10.2 Å². The van der Waals surface area contributed by atoms with Crippen molar-refractivity contribution >= 4 is 47.0 Å². The van der Waals surface area contributed by atoms with Gasteiger partial charge in [0.1, 0.15) is 0 Å². The average Bonchev–Trinajstić information content (AvgIpc) is 2.85. The van der Waals surface area contributed by atoms with Crippen molar-refractivity contribution < 1.29 is 24.0 Å². The zero-order chi connectivity index (χ0) is 25.4. The molecule has 0 aliphatic heterocycles. The predicted octanol–water partition coefficient (Wildman–Crippen LogP) is 4.58. The van der Waals surface area contributed by atoms with Gasteiger partial charge in [0.15, 0.2) is 0 Å². The van der Waals surface area contributed by atoms with E-state index in [2.05, 4.69) is 15.8 Å². The van der Waals surface area contributed by atoms with E-state index in [0.717, 1.165) is 6.21 Å². The molecule has 35 heavy (non-hydrogen) atoms. The lowest BCUT2D eigenvalue weighted by Crippen LogP contribution is -2.18. The summed E-state index contributed by atoms with van der Waals surface area (Å²) in [5.74, 6) is -1.96. The number of nitro benzene ring substituents is 1. The van der Waals surface area contributed by atoms with Crippen LogP contribution < -0.4 is 15.5 Å². The Morgan fingerprint density at radius 3 is 2.43 bits per heavy atom. The molecule has 3 aromatic carbocycles. The van der Waals surface area contributed by atoms with E-state index in [1.165, 1.54) is 42.5 Å². The number of esters is 1. The number of nitrogens with one attached hydrogen (secondary N) is 2. The first-order valence-corrected chi connectivity index (χ1v) is 10.7. The molecule has 178 valence electrons. The Bertz CT molecular complexity index is 1310. The number of carbonyl (C=O) groups excluding carboxylic acids is 3. The highest BCUT2D eigenvalue weighted by atomic mass is 35.5. The summed E-state index contributed by atoms with van der Waals surface area (Å²) in [6, 6.07) is 16.2.